The molecule has 0 fully saturated rings. The van der Waals surface area contributed by atoms with Crippen molar-refractivity contribution in [3.05, 3.63) is 64.4 Å². The van der Waals surface area contributed by atoms with Gasteiger partial charge in [-0.1, -0.05) is 28.9 Å². The van der Waals surface area contributed by atoms with Crippen LogP contribution in [0.25, 0.3) is 11.3 Å². The van der Waals surface area contributed by atoms with Crippen LogP contribution < -0.4 is 5.32 Å². The van der Waals surface area contributed by atoms with Gasteiger partial charge in [0.2, 0.25) is 17.5 Å². The number of rotatable bonds is 3. The largest absolute Gasteiger partial charge is 0.416 e. The number of alkyl halides is 3. The maximum Gasteiger partial charge on any atom is 0.416 e. The van der Waals surface area contributed by atoms with Crippen molar-refractivity contribution in [1.29, 1.82) is 0 Å². The fourth-order valence-electron chi connectivity index (χ4n) is 2.12. The molecule has 0 atom stereocenters. The van der Waals surface area contributed by atoms with Crippen LogP contribution in [-0.2, 0) is 6.18 Å². The quantitative estimate of drug-likeness (QED) is 0.473. The molecule has 0 radical (unpaired) electrons. The Morgan fingerprint density at radius 3 is 2.32 bits per heavy atom. The van der Waals surface area contributed by atoms with Gasteiger partial charge in [-0.2, -0.15) is 31.3 Å². The van der Waals surface area contributed by atoms with Crippen LogP contribution >= 0.6 is 11.6 Å². The smallest absolute Gasteiger partial charge is 0.350 e. The number of aromatic nitrogens is 2. The van der Waals surface area contributed by atoms with Gasteiger partial charge in [0.25, 0.3) is 11.9 Å². The van der Waals surface area contributed by atoms with Crippen LogP contribution in [0.15, 0.2) is 34.9 Å². The van der Waals surface area contributed by atoms with Crippen LogP contribution in [0.1, 0.15) is 16.1 Å². The molecule has 0 spiro atoms. The second-order valence-electron chi connectivity index (χ2n) is 5.30. The first-order valence-electron chi connectivity index (χ1n) is 7.23. The fourth-order valence-corrected chi connectivity index (χ4v) is 2.29. The number of hydrogen-bond acceptors (Lipinski definition) is 4. The third kappa shape index (κ3) is 3.79. The number of amides is 1. The zero-order chi connectivity index (χ0) is 20.6. The Hall–Kier alpha value is -3.08. The van der Waals surface area contributed by atoms with E-state index in [4.69, 9.17) is 16.1 Å². The Morgan fingerprint density at radius 2 is 1.71 bits per heavy atom. The topological polar surface area (TPSA) is 68.0 Å². The molecule has 0 aliphatic heterocycles. The average molecular weight is 422 g/mol. The van der Waals surface area contributed by atoms with Crippen molar-refractivity contribution in [3.63, 3.8) is 0 Å². The van der Waals surface area contributed by atoms with Gasteiger partial charge in [-0.05, 0) is 12.1 Å². The number of pyridine rings is 1. The predicted molar refractivity (Wildman–Crippen MR) is 84.0 cm³/mol. The number of carbonyl (C=O) groups excluding carboxylic acids is 1. The third-order valence-corrected chi connectivity index (χ3v) is 3.82. The van der Waals surface area contributed by atoms with Crippen LogP contribution in [0.5, 0.6) is 0 Å². The van der Waals surface area contributed by atoms with Crippen LogP contribution in [0, 0.1) is 17.7 Å². The number of benzene rings is 1. The highest BCUT2D eigenvalue weighted by atomic mass is 35.5. The summed E-state index contributed by atoms with van der Waals surface area (Å²) in [5, 5.41) is 4.38. The lowest BCUT2D eigenvalue weighted by atomic mass is 10.1. The Kier molecular flexibility index (Phi) is 5.02. The number of nitrogens with zero attached hydrogens (tertiary/aromatic N) is 2. The molecule has 0 aliphatic carbocycles. The summed E-state index contributed by atoms with van der Waals surface area (Å²) in [6, 6.07) is 4.86. The van der Waals surface area contributed by atoms with E-state index in [-0.39, 0.29) is 11.3 Å². The molecule has 28 heavy (non-hydrogen) atoms. The van der Waals surface area contributed by atoms with E-state index >= 15 is 0 Å². The molecule has 12 heteroatoms. The van der Waals surface area contributed by atoms with Crippen LogP contribution in [-0.4, -0.2) is 16.0 Å². The minimum Gasteiger partial charge on any atom is -0.350 e. The minimum absolute atomic E-state index is 0.00228. The first kappa shape index (κ1) is 19.7. The van der Waals surface area contributed by atoms with Gasteiger partial charge in [0.05, 0.1) is 5.56 Å². The maximum absolute atomic E-state index is 13.7. The summed E-state index contributed by atoms with van der Waals surface area (Å²) in [4.78, 5) is 14.7. The third-order valence-electron chi connectivity index (χ3n) is 3.48. The number of nitrogens with one attached hydrogen (secondary N) is 1. The van der Waals surface area contributed by atoms with Crippen molar-refractivity contribution >= 4 is 23.2 Å². The molecule has 0 aliphatic rings. The maximum atomic E-state index is 13.7. The van der Waals surface area contributed by atoms with Gasteiger partial charge in [-0.3, -0.25) is 4.79 Å². The van der Waals surface area contributed by atoms with Crippen molar-refractivity contribution in [2.24, 2.45) is 0 Å². The lowest BCUT2D eigenvalue weighted by Gasteiger charge is -2.07. The molecule has 0 saturated heterocycles. The van der Waals surface area contributed by atoms with Crippen molar-refractivity contribution < 1.29 is 35.7 Å². The van der Waals surface area contributed by atoms with Gasteiger partial charge in [0.15, 0.2) is 0 Å². The normalized spacial score (nSPS) is 11.5. The summed E-state index contributed by atoms with van der Waals surface area (Å²) in [6.45, 7) is 0. The highest BCUT2D eigenvalue weighted by molar-refractivity contribution is 6.33. The molecule has 2 heterocycles. The second-order valence-corrected chi connectivity index (χ2v) is 5.68. The lowest BCUT2D eigenvalue weighted by Crippen LogP contribution is -2.14. The van der Waals surface area contributed by atoms with Gasteiger partial charge in [0, 0.05) is 11.6 Å². The molecule has 3 rings (SSSR count). The molecule has 0 bridgehead atoms. The Labute approximate surface area is 156 Å². The van der Waals surface area contributed by atoms with E-state index < -0.39 is 51.8 Å². The minimum atomic E-state index is -4.52. The number of carbonyl (C=O) groups is 1. The van der Waals surface area contributed by atoms with Crippen LogP contribution in [0.4, 0.5) is 32.0 Å². The van der Waals surface area contributed by atoms with E-state index in [9.17, 15) is 31.1 Å². The zero-order valence-corrected chi connectivity index (χ0v) is 14.0. The van der Waals surface area contributed by atoms with E-state index in [0.29, 0.717) is 0 Å². The molecule has 3 aromatic rings. The number of anilines is 1. The molecule has 0 unspecified atom stereocenters. The summed E-state index contributed by atoms with van der Waals surface area (Å²) in [5.41, 5.74) is -1.69. The molecule has 146 valence electrons. The molecule has 0 saturated carbocycles. The van der Waals surface area contributed by atoms with Crippen LogP contribution in [0.3, 0.4) is 0 Å². The molecular weight excluding hydrogens is 416 g/mol. The van der Waals surface area contributed by atoms with Crippen molar-refractivity contribution in [1.82, 2.24) is 10.1 Å². The summed E-state index contributed by atoms with van der Waals surface area (Å²) in [6.07, 6.45) is -4.52. The number of halogens is 7. The number of hydrogen-bond donors (Lipinski definition) is 1. The summed E-state index contributed by atoms with van der Waals surface area (Å²) < 4.78 is 82.6. The van der Waals surface area contributed by atoms with E-state index in [1.165, 1.54) is 0 Å². The highest BCUT2D eigenvalue weighted by Gasteiger charge is 2.30. The average Bonchev–Trinajstić information content (AvgIpc) is 3.13. The molecule has 1 amide bonds. The van der Waals surface area contributed by atoms with Gasteiger partial charge < -0.3 is 9.84 Å². The molecule has 5 nitrogen and oxygen atoms in total. The molecule has 2 aromatic heterocycles. The molecular formula is C16H6ClF6N3O2. The molecule has 1 aromatic carbocycles. The van der Waals surface area contributed by atoms with Gasteiger partial charge in [-0.15, -0.1) is 0 Å². The van der Waals surface area contributed by atoms with Crippen molar-refractivity contribution in [2.45, 2.75) is 6.18 Å². The predicted octanol–water partition coefficient (Wildman–Crippen LogP) is 5.08. The SMILES string of the molecule is O=C(Nc1c(F)c(F)nc(F)c1Cl)c1cc(-c2ccc(C(F)(F)F)cc2)no1. The Bertz CT molecular complexity index is 1020. The standard InChI is InChI=1S/C16H6ClF6N3O2/c17-10-12(11(18)14(20)25-13(10)19)24-15(27)9-5-8(26-28-9)6-1-3-7(4-2-6)16(21,22)23/h1-5H,(H,24,25,27). The van der Waals surface area contributed by atoms with Gasteiger partial charge in [-0.25, -0.2) is 0 Å². The van der Waals surface area contributed by atoms with E-state index in [1.54, 1.807) is 0 Å². The Morgan fingerprint density at radius 1 is 1.07 bits per heavy atom. The summed E-state index contributed by atoms with van der Waals surface area (Å²) in [5.74, 6) is -6.72. The second kappa shape index (κ2) is 7.15. The van der Waals surface area contributed by atoms with E-state index in [2.05, 4.69) is 10.1 Å². The summed E-state index contributed by atoms with van der Waals surface area (Å²) >= 11 is 5.46. The van der Waals surface area contributed by atoms with Gasteiger partial charge in [0.1, 0.15) is 16.4 Å². The first-order valence-corrected chi connectivity index (χ1v) is 7.61. The van der Waals surface area contributed by atoms with Crippen molar-refractivity contribution in [2.75, 3.05) is 5.32 Å². The molecule has 1 N–H and O–H groups in total. The van der Waals surface area contributed by atoms with Gasteiger partial charge >= 0.3 is 6.18 Å². The Balaban J connectivity index is 1.84. The fraction of sp³-hybridized carbons (Fsp3) is 0.0625. The highest BCUT2D eigenvalue weighted by Crippen LogP contribution is 2.31. The van der Waals surface area contributed by atoms with Crippen molar-refractivity contribution in [3.8, 4) is 11.3 Å². The monoisotopic (exact) mass is 421 g/mol. The van der Waals surface area contributed by atoms with E-state index in [0.717, 1.165) is 30.3 Å². The van der Waals surface area contributed by atoms with E-state index in [1.807, 2.05) is 5.32 Å². The first-order chi connectivity index (χ1) is 13.1. The van der Waals surface area contributed by atoms with Crippen LogP contribution in [0.2, 0.25) is 5.02 Å². The zero-order valence-electron chi connectivity index (χ0n) is 13.2. The lowest BCUT2D eigenvalue weighted by molar-refractivity contribution is -0.137. The summed E-state index contributed by atoms with van der Waals surface area (Å²) in [7, 11) is 0.